The second-order valence-corrected chi connectivity index (χ2v) is 6.05. The second kappa shape index (κ2) is 5.35. The Kier molecular flexibility index (Phi) is 3.53. The molecule has 4 nitrogen and oxygen atoms in total. The molecule has 0 bridgehead atoms. The van der Waals surface area contributed by atoms with E-state index < -0.39 is 5.97 Å². The molecule has 0 amide bonds. The van der Waals surface area contributed by atoms with Crippen LogP contribution in [0.1, 0.15) is 37.2 Å². The Morgan fingerprint density at radius 1 is 1.38 bits per heavy atom. The maximum Gasteiger partial charge on any atom is 0.354 e. The molecule has 1 heterocycles. The molecule has 0 aliphatic heterocycles. The smallest absolute Gasteiger partial charge is 0.354 e. The van der Waals surface area contributed by atoms with Crippen LogP contribution >= 0.6 is 0 Å². The highest BCUT2D eigenvalue weighted by Gasteiger charge is 2.27. The first kappa shape index (κ1) is 13.9. The molecule has 0 spiro atoms. The van der Waals surface area contributed by atoms with Gasteiger partial charge in [-0.25, -0.2) is 9.78 Å². The maximum absolute atomic E-state index is 11.3. The van der Waals surface area contributed by atoms with Crippen LogP contribution < -0.4 is 4.90 Å². The number of aromatic nitrogens is 1. The molecule has 0 atom stereocenters. The van der Waals surface area contributed by atoms with Gasteiger partial charge in [0.15, 0.2) is 5.69 Å². The van der Waals surface area contributed by atoms with E-state index in [0.717, 1.165) is 29.1 Å². The fourth-order valence-electron chi connectivity index (χ4n) is 2.63. The van der Waals surface area contributed by atoms with Gasteiger partial charge in [0.05, 0.1) is 0 Å². The summed E-state index contributed by atoms with van der Waals surface area (Å²) < 4.78 is 0. The normalized spacial score (nSPS) is 14.6. The number of hydrogen-bond acceptors (Lipinski definition) is 3. The van der Waals surface area contributed by atoms with E-state index in [4.69, 9.17) is 0 Å². The molecule has 1 aliphatic rings. The van der Waals surface area contributed by atoms with E-state index in [1.807, 2.05) is 24.3 Å². The lowest BCUT2D eigenvalue weighted by Gasteiger charge is -2.29. The predicted molar refractivity (Wildman–Crippen MR) is 83.9 cm³/mol. The Morgan fingerprint density at radius 2 is 2.10 bits per heavy atom. The van der Waals surface area contributed by atoms with Gasteiger partial charge in [0, 0.05) is 18.0 Å². The number of pyridine rings is 1. The average molecular weight is 284 g/mol. The molecular weight excluding hydrogens is 264 g/mol. The number of aromatic carboxylic acids is 1. The van der Waals surface area contributed by atoms with Gasteiger partial charge >= 0.3 is 5.97 Å². The van der Waals surface area contributed by atoms with Gasteiger partial charge in [-0.1, -0.05) is 24.3 Å². The molecule has 0 saturated heterocycles. The fourth-order valence-corrected chi connectivity index (χ4v) is 2.63. The van der Waals surface area contributed by atoms with E-state index in [0.29, 0.717) is 6.04 Å². The first-order valence-corrected chi connectivity index (χ1v) is 7.46. The number of benzene rings is 1. The quantitative estimate of drug-likeness (QED) is 0.912. The third-order valence-electron chi connectivity index (χ3n) is 3.99. The van der Waals surface area contributed by atoms with Crippen LogP contribution in [-0.4, -0.2) is 28.6 Å². The number of fused-ring (bicyclic) bond motifs is 1. The highest BCUT2D eigenvalue weighted by Crippen LogP contribution is 2.34. The van der Waals surface area contributed by atoms with Gasteiger partial charge in [-0.05, 0) is 44.1 Å². The van der Waals surface area contributed by atoms with E-state index >= 15 is 0 Å². The Balaban J connectivity index is 2.14. The third kappa shape index (κ3) is 2.84. The monoisotopic (exact) mass is 284 g/mol. The largest absolute Gasteiger partial charge is 0.477 e. The number of carboxylic acid groups (broad SMARTS) is 1. The van der Waals surface area contributed by atoms with E-state index in [-0.39, 0.29) is 5.69 Å². The van der Waals surface area contributed by atoms with Crippen LogP contribution in [0.4, 0.5) is 5.82 Å². The number of rotatable bonds is 5. The van der Waals surface area contributed by atoms with Crippen molar-refractivity contribution in [2.75, 3.05) is 11.4 Å². The molecule has 0 unspecified atom stereocenters. The lowest BCUT2D eigenvalue weighted by atomic mass is 10.1. The summed E-state index contributed by atoms with van der Waals surface area (Å²) in [5.41, 5.74) is 0.116. The van der Waals surface area contributed by atoms with E-state index in [1.54, 1.807) is 6.07 Å². The van der Waals surface area contributed by atoms with Gasteiger partial charge in [0.25, 0.3) is 0 Å². The van der Waals surface area contributed by atoms with Crippen molar-refractivity contribution in [3.8, 4) is 0 Å². The van der Waals surface area contributed by atoms with E-state index in [1.165, 1.54) is 12.8 Å². The summed E-state index contributed by atoms with van der Waals surface area (Å²) in [6, 6.07) is 9.82. The SMILES string of the molecule is CC(C)N(CC1CC1)c1nc(C(=O)O)cc2ccccc12. The molecule has 1 N–H and O–H groups in total. The van der Waals surface area contributed by atoms with Crippen molar-refractivity contribution in [1.29, 1.82) is 0 Å². The first-order chi connectivity index (χ1) is 10.1. The van der Waals surface area contributed by atoms with Gasteiger partial charge in [0.1, 0.15) is 5.82 Å². The van der Waals surface area contributed by atoms with Crippen LogP contribution in [0.5, 0.6) is 0 Å². The number of anilines is 1. The third-order valence-corrected chi connectivity index (χ3v) is 3.99. The topological polar surface area (TPSA) is 53.4 Å². The number of carboxylic acids is 1. The average Bonchev–Trinajstić information content (AvgIpc) is 3.27. The lowest BCUT2D eigenvalue weighted by Crippen LogP contribution is -2.34. The van der Waals surface area contributed by atoms with Gasteiger partial charge in [-0.2, -0.15) is 0 Å². The van der Waals surface area contributed by atoms with Crippen molar-refractivity contribution in [3.63, 3.8) is 0 Å². The van der Waals surface area contributed by atoms with Crippen molar-refractivity contribution in [3.05, 3.63) is 36.0 Å². The van der Waals surface area contributed by atoms with Crippen molar-refractivity contribution >= 4 is 22.6 Å². The van der Waals surface area contributed by atoms with E-state index in [9.17, 15) is 9.90 Å². The summed E-state index contributed by atoms with van der Waals surface area (Å²) >= 11 is 0. The van der Waals surface area contributed by atoms with Gasteiger partial charge < -0.3 is 10.0 Å². The standard InChI is InChI=1S/C17H20N2O2/c1-11(2)19(10-12-7-8-12)16-14-6-4-3-5-13(14)9-15(18-16)17(20)21/h3-6,9,11-12H,7-8,10H2,1-2H3,(H,20,21). The van der Waals surface area contributed by atoms with Crippen LogP contribution in [0.25, 0.3) is 10.8 Å². The van der Waals surface area contributed by atoms with Gasteiger partial charge in [0.2, 0.25) is 0 Å². The summed E-state index contributed by atoms with van der Waals surface area (Å²) in [6.07, 6.45) is 2.53. The van der Waals surface area contributed by atoms with Crippen LogP contribution in [0, 0.1) is 5.92 Å². The summed E-state index contributed by atoms with van der Waals surface area (Å²) in [6.45, 7) is 5.22. The van der Waals surface area contributed by atoms with Crippen LogP contribution in [-0.2, 0) is 0 Å². The molecule has 0 radical (unpaired) electrons. The van der Waals surface area contributed by atoms with Gasteiger partial charge in [-0.15, -0.1) is 0 Å². The van der Waals surface area contributed by atoms with Gasteiger partial charge in [-0.3, -0.25) is 0 Å². The molecular formula is C17H20N2O2. The lowest BCUT2D eigenvalue weighted by molar-refractivity contribution is 0.0691. The molecule has 1 saturated carbocycles. The molecule has 21 heavy (non-hydrogen) atoms. The minimum Gasteiger partial charge on any atom is -0.477 e. The van der Waals surface area contributed by atoms with Crippen LogP contribution in [0.2, 0.25) is 0 Å². The first-order valence-electron chi connectivity index (χ1n) is 7.46. The highest BCUT2D eigenvalue weighted by atomic mass is 16.4. The molecule has 1 aromatic carbocycles. The van der Waals surface area contributed by atoms with Crippen molar-refractivity contribution in [2.24, 2.45) is 5.92 Å². The zero-order valence-electron chi connectivity index (χ0n) is 12.4. The molecule has 2 aromatic rings. The molecule has 4 heteroatoms. The highest BCUT2D eigenvalue weighted by molar-refractivity contribution is 5.98. The van der Waals surface area contributed by atoms with Crippen molar-refractivity contribution in [1.82, 2.24) is 4.98 Å². The Bertz CT molecular complexity index is 678. The number of nitrogens with zero attached hydrogens (tertiary/aromatic N) is 2. The molecule has 1 aromatic heterocycles. The number of hydrogen-bond donors (Lipinski definition) is 1. The summed E-state index contributed by atoms with van der Waals surface area (Å²) in [5, 5.41) is 11.3. The van der Waals surface area contributed by atoms with E-state index in [2.05, 4.69) is 23.7 Å². The molecule has 3 rings (SSSR count). The second-order valence-electron chi connectivity index (χ2n) is 6.05. The summed E-state index contributed by atoms with van der Waals surface area (Å²) in [5.74, 6) is 0.547. The zero-order valence-corrected chi connectivity index (χ0v) is 12.4. The zero-order chi connectivity index (χ0) is 15.0. The Morgan fingerprint density at radius 3 is 2.71 bits per heavy atom. The predicted octanol–water partition coefficient (Wildman–Crippen LogP) is 3.56. The summed E-state index contributed by atoms with van der Waals surface area (Å²) in [4.78, 5) is 18.0. The molecule has 1 aliphatic carbocycles. The minimum atomic E-state index is -0.975. The fraction of sp³-hybridized carbons (Fsp3) is 0.412. The Hall–Kier alpha value is -2.10. The number of carbonyl (C=O) groups is 1. The summed E-state index contributed by atoms with van der Waals surface area (Å²) in [7, 11) is 0. The van der Waals surface area contributed by atoms with Crippen molar-refractivity contribution in [2.45, 2.75) is 32.7 Å². The van der Waals surface area contributed by atoms with Crippen LogP contribution in [0.15, 0.2) is 30.3 Å². The van der Waals surface area contributed by atoms with Crippen molar-refractivity contribution < 1.29 is 9.90 Å². The minimum absolute atomic E-state index is 0.116. The molecule has 1 fully saturated rings. The molecule has 110 valence electrons. The van der Waals surface area contributed by atoms with Crippen LogP contribution in [0.3, 0.4) is 0 Å². The Labute approximate surface area is 124 Å². The maximum atomic E-state index is 11.3.